The maximum atomic E-state index is 11.8. The zero-order valence-corrected chi connectivity index (χ0v) is 11.4. The molecule has 1 aliphatic heterocycles. The molecular formula is C15H25NO2. The van der Waals surface area contributed by atoms with Gasteiger partial charge in [-0.1, -0.05) is 19.3 Å². The van der Waals surface area contributed by atoms with E-state index in [1.807, 2.05) is 6.92 Å². The first-order chi connectivity index (χ1) is 8.78. The van der Waals surface area contributed by atoms with Crippen molar-refractivity contribution in [3.8, 4) is 0 Å². The standard InChI is InChI=1S/C15H25NO2/c1-2-18-15(17)13-7-6-12-8-10-4-3-5-11(10)9-14(12)16-13/h10-14,16H,2-9H2,1H3. The average molecular weight is 251 g/mol. The second-order valence-electron chi connectivity index (χ2n) is 6.34. The molecule has 3 heteroatoms. The van der Waals surface area contributed by atoms with Gasteiger partial charge < -0.3 is 10.1 Å². The van der Waals surface area contributed by atoms with Crippen LogP contribution >= 0.6 is 0 Å². The molecule has 18 heavy (non-hydrogen) atoms. The molecular weight excluding hydrogens is 226 g/mol. The van der Waals surface area contributed by atoms with E-state index in [4.69, 9.17) is 4.74 Å². The zero-order valence-electron chi connectivity index (χ0n) is 11.4. The monoisotopic (exact) mass is 251 g/mol. The summed E-state index contributed by atoms with van der Waals surface area (Å²) in [6, 6.07) is 0.539. The number of carbonyl (C=O) groups excluding carboxylic acids is 1. The fourth-order valence-electron chi connectivity index (χ4n) is 4.48. The smallest absolute Gasteiger partial charge is 0.323 e. The van der Waals surface area contributed by atoms with Gasteiger partial charge in [0.15, 0.2) is 0 Å². The summed E-state index contributed by atoms with van der Waals surface area (Å²) in [4.78, 5) is 11.8. The van der Waals surface area contributed by atoms with Crippen LogP contribution in [0.4, 0.5) is 0 Å². The molecule has 5 atom stereocenters. The van der Waals surface area contributed by atoms with Crippen LogP contribution in [-0.4, -0.2) is 24.7 Å². The summed E-state index contributed by atoms with van der Waals surface area (Å²) < 4.78 is 5.15. The van der Waals surface area contributed by atoms with E-state index in [0.717, 1.165) is 24.2 Å². The highest BCUT2D eigenvalue weighted by molar-refractivity contribution is 5.75. The summed E-state index contributed by atoms with van der Waals surface area (Å²) in [5.74, 6) is 2.70. The number of carbonyl (C=O) groups is 1. The fourth-order valence-corrected chi connectivity index (χ4v) is 4.48. The lowest BCUT2D eigenvalue weighted by Crippen LogP contribution is -2.54. The molecule has 2 aliphatic carbocycles. The van der Waals surface area contributed by atoms with Gasteiger partial charge in [0.2, 0.25) is 0 Å². The Labute approximate surface area is 110 Å². The number of hydrogen-bond acceptors (Lipinski definition) is 3. The minimum Gasteiger partial charge on any atom is -0.465 e. The van der Waals surface area contributed by atoms with Gasteiger partial charge in [0.05, 0.1) is 6.61 Å². The van der Waals surface area contributed by atoms with Crippen molar-refractivity contribution in [2.75, 3.05) is 6.61 Å². The summed E-state index contributed by atoms with van der Waals surface area (Å²) in [7, 11) is 0. The lowest BCUT2D eigenvalue weighted by Gasteiger charge is -2.44. The minimum atomic E-state index is -0.0378. The molecule has 2 saturated carbocycles. The van der Waals surface area contributed by atoms with Crippen molar-refractivity contribution in [3.63, 3.8) is 0 Å². The Morgan fingerprint density at radius 2 is 1.89 bits per heavy atom. The Morgan fingerprint density at radius 1 is 1.11 bits per heavy atom. The third-order valence-electron chi connectivity index (χ3n) is 5.36. The molecule has 0 aromatic carbocycles. The predicted molar refractivity (Wildman–Crippen MR) is 70.1 cm³/mol. The topological polar surface area (TPSA) is 38.3 Å². The molecule has 0 radical (unpaired) electrons. The Balaban J connectivity index is 1.60. The summed E-state index contributed by atoms with van der Waals surface area (Å²) in [5.41, 5.74) is 0. The number of nitrogens with one attached hydrogen (secondary N) is 1. The van der Waals surface area contributed by atoms with E-state index in [0.29, 0.717) is 12.6 Å². The van der Waals surface area contributed by atoms with Crippen molar-refractivity contribution in [1.82, 2.24) is 5.32 Å². The second kappa shape index (κ2) is 5.20. The number of piperidine rings is 1. The lowest BCUT2D eigenvalue weighted by atomic mass is 9.69. The molecule has 1 N–H and O–H groups in total. The molecule has 1 heterocycles. The largest absolute Gasteiger partial charge is 0.465 e. The van der Waals surface area contributed by atoms with Gasteiger partial charge >= 0.3 is 5.97 Å². The normalized spacial score (nSPS) is 43.1. The molecule has 0 aromatic rings. The molecule has 0 bridgehead atoms. The van der Waals surface area contributed by atoms with E-state index in [1.54, 1.807) is 0 Å². The van der Waals surface area contributed by atoms with E-state index in [2.05, 4.69) is 5.32 Å². The van der Waals surface area contributed by atoms with Crippen LogP contribution in [0.15, 0.2) is 0 Å². The summed E-state index contributed by atoms with van der Waals surface area (Å²) in [6.07, 6.45) is 9.18. The Hall–Kier alpha value is -0.570. The SMILES string of the molecule is CCOC(=O)C1CCC2CC3CCCC3CC2N1. The first-order valence-electron chi connectivity index (χ1n) is 7.70. The van der Waals surface area contributed by atoms with Crippen molar-refractivity contribution in [2.24, 2.45) is 17.8 Å². The highest BCUT2D eigenvalue weighted by Gasteiger charge is 2.43. The summed E-state index contributed by atoms with van der Waals surface area (Å²) in [5, 5.41) is 3.58. The van der Waals surface area contributed by atoms with E-state index in [1.165, 1.54) is 38.5 Å². The van der Waals surface area contributed by atoms with Gasteiger partial charge in [0.25, 0.3) is 0 Å². The summed E-state index contributed by atoms with van der Waals surface area (Å²) >= 11 is 0. The van der Waals surface area contributed by atoms with E-state index in [-0.39, 0.29) is 12.0 Å². The van der Waals surface area contributed by atoms with Crippen LogP contribution < -0.4 is 5.32 Å². The van der Waals surface area contributed by atoms with E-state index in [9.17, 15) is 4.79 Å². The van der Waals surface area contributed by atoms with E-state index < -0.39 is 0 Å². The van der Waals surface area contributed by atoms with E-state index >= 15 is 0 Å². The first kappa shape index (κ1) is 12.5. The number of hydrogen-bond donors (Lipinski definition) is 1. The lowest BCUT2D eigenvalue weighted by molar-refractivity contribution is -0.147. The van der Waals surface area contributed by atoms with Crippen LogP contribution in [0.3, 0.4) is 0 Å². The number of ether oxygens (including phenoxy) is 1. The fraction of sp³-hybridized carbons (Fsp3) is 0.933. The molecule has 102 valence electrons. The van der Waals surface area contributed by atoms with Crippen molar-refractivity contribution >= 4 is 5.97 Å². The molecule has 5 unspecified atom stereocenters. The van der Waals surface area contributed by atoms with Crippen LogP contribution in [0.2, 0.25) is 0 Å². The van der Waals surface area contributed by atoms with Crippen LogP contribution in [0.25, 0.3) is 0 Å². The molecule has 3 aliphatic rings. The summed E-state index contributed by atoms with van der Waals surface area (Å²) in [6.45, 7) is 2.38. The third kappa shape index (κ3) is 2.29. The van der Waals surface area contributed by atoms with Gasteiger partial charge in [-0.2, -0.15) is 0 Å². The molecule has 3 fully saturated rings. The van der Waals surface area contributed by atoms with Crippen LogP contribution in [0.1, 0.15) is 51.9 Å². The molecule has 1 saturated heterocycles. The Bertz CT molecular complexity index is 318. The van der Waals surface area contributed by atoms with Crippen LogP contribution in [0.5, 0.6) is 0 Å². The zero-order chi connectivity index (χ0) is 12.5. The molecule has 3 nitrogen and oxygen atoms in total. The second-order valence-corrected chi connectivity index (χ2v) is 6.34. The van der Waals surface area contributed by atoms with Crippen molar-refractivity contribution in [1.29, 1.82) is 0 Å². The number of fused-ring (bicyclic) bond motifs is 2. The van der Waals surface area contributed by atoms with Gasteiger partial charge in [0, 0.05) is 6.04 Å². The third-order valence-corrected chi connectivity index (χ3v) is 5.36. The van der Waals surface area contributed by atoms with Crippen molar-refractivity contribution < 1.29 is 9.53 Å². The van der Waals surface area contributed by atoms with Gasteiger partial charge in [-0.3, -0.25) is 4.79 Å². The molecule has 0 aromatic heterocycles. The van der Waals surface area contributed by atoms with Gasteiger partial charge in [-0.25, -0.2) is 0 Å². The maximum Gasteiger partial charge on any atom is 0.323 e. The van der Waals surface area contributed by atoms with Crippen molar-refractivity contribution in [2.45, 2.75) is 64.0 Å². The van der Waals surface area contributed by atoms with Gasteiger partial charge in [-0.05, 0) is 50.4 Å². The number of rotatable bonds is 2. The average Bonchev–Trinajstić information content (AvgIpc) is 2.82. The first-order valence-corrected chi connectivity index (χ1v) is 7.70. The molecule has 0 spiro atoms. The Kier molecular flexibility index (Phi) is 3.60. The van der Waals surface area contributed by atoms with Crippen LogP contribution in [-0.2, 0) is 9.53 Å². The molecule has 0 amide bonds. The minimum absolute atomic E-state index is 0.0375. The van der Waals surface area contributed by atoms with Crippen LogP contribution in [0, 0.1) is 17.8 Å². The van der Waals surface area contributed by atoms with Gasteiger partial charge in [0.1, 0.15) is 6.04 Å². The maximum absolute atomic E-state index is 11.8. The highest BCUT2D eigenvalue weighted by atomic mass is 16.5. The Morgan fingerprint density at radius 3 is 2.67 bits per heavy atom. The van der Waals surface area contributed by atoms with Crippen molar-refractivity contribution in [3.05, 3.63) is 0 Å². The quantitative estimate of drug-likeness (QED) is 0.766. The van der Waals surface area contributed by atoms with Gasteiger partial charge in [-0.15, -0.1) is 0 Å². The highest BCUT2D eigenvalue weighted by Crippen LogP contribution is 2.46. The predicted octanol–water partition coefficient (Wildman–Crippen LogP) is 2.50. The molecule has 3 rings (SSSR count). The number of esters is 1.